The third kappa shape index (κ3) is 10.4. The Morgan fingerprint density at radius 1 is 0.860 bits per heavy atom. The first-order valence-electron chi connectivity index (χ1n) is 17.4. The summed E-state index contributed by atoms with van der Waals surface area (Å²) in [6.07, 6.45) is 3.19. The molecule has 9 heteroatoms. The molecule has 5 nitrogen and oxygen atoms in total. The molecule has 1 saturated heterocycles. The molecule has 0 aliphatic carbocycles. The molecule has 1 fully saturated rings. The minimum absolute atomic E-state index is 0.103. The van der Waals surface area contributed by atoms with Crippen molar-refractivity contribution < 1.29 is 22.8 Å². The highest BCUT2D eigenvalue weighted by Gasteiger charge is 2.34. The number of unbranched alkanes of at least 4 members (excludes halogenated alkanes) is 2. The van der Waals surface area contributed by atoms with Gasteiger partial charge in [-0.15, -0.1) is 11.3 Å². The van der Waals surface area contributed by atoms with Gasteiger partial charge in [0.25, 0.3) is 0 Å². The molecule has 1 aliphatic rings. The number of hydrogen-bond acceptors (Lipinski definition) is 4. The maximum Gasteiger partial charge on any atom is 0.416 e. The Kier molecular flexibility index (Phi) is 13.1. The number of aryl methyl sites for hydroxylation is 2. The van der Waals surface area contributed by atoms with E-state index in [0.29, 0.717) is 25.1 Å². The van der Waals surface area contributed by atoms with Crippen LogP contribution in [0.15, 0.2) is 96.4 Å². The number of carbonyl (C=O) groups is 2. The second kappa shape index (κ2) is 17.6. The van der Waals surface area contributed by atoms with Crippen LogP contribution in [0.4, 0.5) is 13.2 Å². The minimum Gasteiger partial charge on any atom is -0.338 e. The van der Waals surface area contributed by atoms with Crippen LogP contribution in [-0.4, -0.2) is 58.7 Å². The highest BCUT2D eigenvalue weighted by Crippen LogP contribution is 2.29. The fourth-order valence-corrected chi connectivity index (χ4v) is 7.20. The van der Waals surface area contributed by atoms with E-state index in [4.69, 9.17) is 0 Å². The molecule has 0 unspecified atom stereocenters. The lowest BCUT2D eigenvalue weighted by Crippen LogP contribution is -2.56. The number of halogens is 3. The van der Waals surface area contributed by atoms with Crippen LogP contribution < -0.4 is 0 Å². The fourth-order valence-electron chi connectivity index (χ4n) is 6.25. The summed E-state index contributed by atoms with van der Waals surface area (Å²) in [6.45, 7) is 7.97. The smallest absolute Gasteiger partial charge is 0.338 e. The number of nitrogens with zero attached hydrogens (tertiary/aromatic N) is 3. The number of benzene rings is 3. The van der Waals surface area contributed by atoms with Gasteiger partial charge in [0, 0.05) is 56.6 Å². The van der Waals surface area contributed by atoms with Crippen molar-refractivity contribution in [3.05, 3.63) is 135 Å². The summed E-state index contributed by atoms with van der Waals surface area (Å²) in [5, 5.41) is 2.11. The number of amides is 2. The maximum atomic E-state index is 14.5. The van der Waals surface area contributed by atoms with Crippen molar-refractivity contribution in [2.45, 2.75) is 71.3 Å². The minimum atomic E-state index is -4.44. The Hall–Kier alpha value is -4.21. The van der Waals surface area contributed by atoms with Crippen molar-refractivity contribution in [1.29, 1.82) is 0 Å². The molecule has 0 radical (unpaired) electrons. The zero-order valence-electron chi connectivity index (χ0n) is 28.9. The first-order valence-corrected chi connectivity index (χ1v) is 18.3. The first kappa shape index (κ1) is 37.1. The number of piperazine rings is 1. The van der Waals surface area contributed by atoms with Gasteiger partial charge in [-0.05, 0) is 77.2 Å². The molecule has 4 aromatic rings. The van der Waals surface area contributed by atoms with Gasteiger partial charge in [0.15, 0.2) is 0 Å². The van der Waals surface area contributed by atoms with Gasteiger partial charge >= 0.3 is 6.18 Å². The summed E-state index contributed by atoms with van der Waals surface area (Å²) in [4.78, 5) is 35.9. The van der Waals surface area contributed by atoms with Gasteiger partial charge in [0.2, 0.25) is 11.8 Å². The number of alkyl halides is 3. The molecular formula is C41H46F3N3O2S. The molecule has 0 saturated carbocycles. The van der Waals surface area contributed by atoms with Gasteiger partial charge in [-0.2, -0.15) is 13.2 Å². The monoisotopic (exact) mass is 701 g/mol. The van der Waals surface area contributed by atoms with Crippen LogP contribution >= 0.6 is 11.3 Å². The number of thiophene rings is 1. The molecule has 1 atom stereocenters. The lowest BCUT2D eigenvalue weighted by molar-refractivity contribution is -0.145. The predicted octanol–water partition coefficient (Wildman–Crippen LogP) is 8.81. The van der Waals surface area contributed by atoms with Crippen LogP contribution in [0.2, 0.25) is 0 Å². The molecule has 2 heterocycles. The van der Waals surface area contributed by atoms with Crippen LogP contribution in [0.3, 0.4) is 0 Å². The number of hydrogen-bond donors (Lipinski definition) is 0. The third-order valence-corrected chi connectivity index (χ3v) is 10.3. The average Bonchev–Trinajstić information content (AvgIpc) is 3.53. The largest absolute Gasteiger partial charge is 0.416 e. The lowest BCUT2D eigenvalue weighted by Gasteiger charge is -2.39. The number of carbonyl (C=O) groups excluding carboxylic acids is 2. The Bertz CT molecular complexity index is 1690. The Morgan fingerprint density at radius 3 is 2.16 bits per heavy atom. The molecule has 0 spiro atoms. The summed E-state index contributed by atoms with van der Waals surface area (Å²) >= 11 is 1.75. The highest BCUT2D eigenvalue weighted by atomic mass is 32.1. The topological polar surface area (TPSA) is 43.9 Å². The predicted molar refractivity (Wildman–Crippen MR) is 196 cm³/mol. The highest BCUT2D eigenvalue weighted by molar-refractivity contribution is 7.10. The number of rotatable bonds is 14. The quantitative estimate of drug-likeness (QED) is 0.0976. The molecule has 1 aromatic heterocycles. The molecule has 3 aromatic carbocycles. The zero-order valence-corrected chi connectivity index (χ0v) is 29.7. The Labute approximate surface area is 298 Å². The lowest BCUT2D eigenvalue weighted by atomic mass is 10.0. The van der Waals surface area contributed by atoms with E-state index in [1.807, 2.05) is 47.4 Å². The fraction of sp³-hybridized carbons (Fsp3) is 0.366. The summed E-state index contributed by atoms with van der Waals surface area (Å²) in [6, 6.07) is 24.0. The molecule has 1 aliphatic heterocycles. The first-order chi connectivity index (χ1) is 24.1. The van der Waals surface area contributed by atoms with Gasteiger partial charge in [-0.25, -0.2) is 0 Å². The van der Waals surface area contributed by atoms with Crippen molar-refractivity contribution in [3.63, 3.8) is 0 Å². The third-order valence-electron chi connectivity index (χ3n) is 9.34. The second-order valence-electron chi connectivity index (χ2n) is 13.0. The van der Waals surface area contributed by atoms with Crippen molar-refractivity contribution in [1.82, 2.24) is 14.7 Å². The van der Waals surface area contributed by atoms with Crippen LogP contribution in [-0.2, 0) is 41.7 Å². The van der Waals surface area contributed by atoms with Gasteiger partial charge in [0.1, 0.15) is 6.04 Å². The van der Waals surface area contributed by atoms with Crippen LogP contribution in [0.25, 0.3) is 6.08 Å². The second-order valence-corrected chi connectivity index (χ2v) is 14.0. The summed E-state index contributed by atoms with van der Waals surface area (Å²) in [5.41, 5.74) is 4.07. The van der Waals surface area contributed by atoms with E-state index in [2.05, 4.69) is 42.3 Å². The Morgan fingerprint density at radius 2 is 1.54 bits per heavy atom. The summed E-state index contributed by atoms with van der Waals surface area (Å²) in [7, 11) is 0. The van der Waals surface area contributed by atoms with E-state index in [1.54, 1.807) is 16.2 Å². The van der Waals surface area contributed by atoms with E-state index >= 15 is 0 Å². The van der Waals surface area contributed by atoms with Crippen molar-refractivity contribution in [2.24, 2.45) is 0 Å². The maximum absolute atomic E-state index is 14.5. The van der Waals surface area contributed by atoms with E-state index in [1.165, 1.54) is 46.7 Å². The molecule has 0 bridgehead atoms. The summed E-state index contributed by atoms with van der Waals surface area (Å²) < 4.78 is 39.5. The molecule has 0 N–H and O–H groups in total. The van der Waals surface area contributed by atoms with Gasteiger partial charge in [-0.3, -0.25) is 14.5 Å². The van der Waals surface area contributed by atoms with E-state index in [0.717, 1.165) is 62.2 Å². The van der Waals surface area contributed by atoms with Gasteiger partial charge in [0.05, 0.1) is 5.56 Å². The standard InChI is InChI=1S/C41H46F3N3O2S/c1-3-4-6-9-32-12-14-35(15-13-32)29-47(39(48)21-18-33-16-19-36(20-17-33)41(42,43)44)37(28-34-10-7-5-8-11-34)40(49)46-25-23-45(24-26-46)30-38-31(2)22-27-50-38/h5,7-8,10-22,27,37H,3-4,6,9,23-26,28-30H2,1-2H3/t37-/m0/s1. The van der Waals surface area contributed by atoms with Crippen molar-refractivity contribution in [3.8, 4) is 0 Å². The van der Waals surface area contributed by atoms with Crippen molar-refractivity contribution in [2.75, 3.05) is 26.2 Å². The summed E-state index contributed by atoms with van der Waals surface area (Å²) in [5.74, 6) is -0.480. The molecule has 264 valence electrons. The van der Waals surface area contributed by atoms with E-state index in [9.17, 15) is 22.8 Å². The van der Waals surface area contributed by atoms with Crippen LogP contribution in [0, 0.1) is 6.92 Å². The van der Waals surface area contributed by atoms with Crippen LogP contribution in [0.1, 0.15) is 64.4 Å². The normalized spacial score (nSPS) is 14.6. The molecular weight excluding hydrogens is 656 g/mol. The SMILES string of the molecule is CCCCCc1ccc(CN(C(=O)C=Cc2ccc(C(F)(F)F)cc2)[C@@H](Cc2ccccc2)C(=O)N2CCN(Cc3sccc3C)CC2)cc1. The molecule has 5 rings (SSSR count). The van der Waals surface area contributed by atoms with Crippen molar-refractivity contribution >= 4 is 29.2 Å². The zero-order chi connectivity index (χ0) is 35.5. The Balaban J connectivity index is 1.40. The van der Waals surface area contributed by atoms with E-state index in [-0.39, 0.29) is 18.4 Å². The van der Waals surface area contributed by atoms with E-state index < -0.39 is 17.8 Å². The average molecular weight is 702 g/mol. The molecule has 50 heavy (non-hydrogen) atoms. The van der Waals surface area contributed by atoms with Gasteiger partial charge in [-0.1, -0.05) is 86.5 Å². The van der Waals surface area contributed by atoms with Gasteiger partial charge < -0.3 is 9.80 Å². The molecule has 2 amide bonds. The van der Waals surface area contributed by atoms with Crippen LogP contribution in [0.5, 0.6) is 0 Å².